The van der Waals surface area contributed by atoms with Crippen LogP contribution in [0.4, 0.5) is 0 Å². The zero-order valence-electron chi connectivity index (χ0n) is 11.2. The maximum absolute atomic E-state index is 11.5. The third-order valence-electron chi connectivity index (χ3n) is 2.61. The summed E-state index contributed by atoms with van der Waals surface area (Å²) < 4.78 is 16.4. The van der Waals surface area contributed by atoms with Crippen molar-refractivity contribution >= 4 is 5.97 Å². The molecule has 0 aromatic carbocycles. The van der Waals surface area contributed by atoms with Crippen LogP contribution in [-0.2, 0) is 20.8 Å². The van der Waals surface area contributed by atoms with Crippen molar-refractivity contribution in [2.45, 2.75) is 26.0 Å². The van der Waals surface area contributed by atoms with Gasteiger partial charge in [-0.25, -0.2) is 9.48 Å². The molecule has 1 atom stereocenters. The second kappa shape index (κ2) is 7.07. The third-order valence-corrected chi connectivity index (χ3v) is 2.61. The highest BCUT2D eigenvalue weighted by Crippen LogP contribution is 2.16. The van der Waals surface area contributed by atoms with Gasteiger partial charge in [0, 0.05) is 20.8 Å². The van der Waals surface area contributed by atoms with Crippen molar-refractivity contribution in [1.82, 2.24) is 15.0 Å². The van der Waals surface area contributed by atoms with E-state index in [9.17, 15) is 4.79 Å². The van der Waals surface area contributed by atoms with Crippen molar-refractivity contribution < 1.29 is 19.0 Å². The fraction of sp³-hybridized carbons (Fsp3) is 0.727. The fourth-order valence-electron chi connectivity index (χ4n) is 1.60. The van der Waals surface area contributed by atoms with Gasteiger partial charge in [-0.15, -0.1) is 5.10 Å². The van der Waals surface area contributed by atoms with Gasteiger partial charge >= 0.3 is 5.97 Å². The number of ether oxygens (including phenoxy) is 3. The van der Waals surface area contributed by atoms with Gasteiger partial charge < -0.3 is 14.2 Å². The first-order chi connectivity index (χ1) is 8.65. The highest BCUT2D eigenvalue weighted by atomic mass is 16.5. The van der Waals surface area contributed by atoms with Crippen LogP contribution in [-0.4, -0.2) is 48.9 Å². The van der Waals surface area contributed by atoms with E-state index < -0.39 is 5.97 Å². The molecule has 1 aromatic rings. The molecule has 7 heteroatoms. The predicted octanol–water partition coefficient (Wildman–Crippen LogP) is 0.809. The van der Waals surface area contributed by atoms with Gasteiger partial charge in [-0.3, -0.25) is 0 Å². The molecule has 1 rings (SSSR count). The summed E-state index contributed by atoms with van der Waals surface area (Å²) in [4.78, 5) is 11.5. The zero-order valence-corrected chi connectivity index (χ0v) is 11.2. The molecule has 102 valence electrons. The van der Waals surface area contributed by atoms with Crippen molar-refractivity contribution in [3.8, 4) is 0 Å². The number of hydrogen-bond acceptors (Lipinski definition) is 6. The van der Waals surface area contributed by atoms with E-state index in [1.807, 2.05) is 6.92 Å². The van der Waals surface area contributed by atoms with Crippen LogP contribution in [0.15, 0.2) is 0 Å². The van der Waals surface area contributed by atoms with E-state index in [-0.39, 0.29) is 18.3 Å². The van der Waals surface area contributed by atoms with Crippen molar-refractivity contribution in [3.05, 3.63) is 11.4 Å². The van der Waals surface area contributed by atoms with Crippen LogP contribution >= 0.6 is 0 Å². The first-order valence-electron chi connectivity index (χ1n) is 5.65. The average molecular weight is 257 g/mol. The second-order valence-corrected chi connectivity index (χ2v) is 3.88. The molecular weight excluding hydrogens is 238 g/mol. The minimum Gasteiger partial charge on any atom is -0.464 e. The van der Waals surface area contributed by atoms with Crippen LogP contribution in [0.25, 0.3) is 0 Å². The van der Waals surface area contributed by atoms with E-state index in [2.05, 4.69) is 15.0 Å². The second-order valence-electron chi connectivity index (χ2n) is 3.88. The number of carbonyl (C=O) groups is 1. The molecule has 0 spiro atoms. The number of methoxy groups -OCH3 is 3. The molecule has 0 saturated heterocycles. The summed E-state index contributed by atoms with van der Waals surface area (Å²) in [5.74, 6) is -0.507. The maximum Gasteiger partial charge on any atom is 0.360 e. The summed E-state index contributed by atoms with van der Waals surface area (Å²) in [6, 6.07) is 0.0704. The molecule has 18 heavy (non-hydrogen) atoms. The van der Waals surface area contributed by atoms with Gasteiger partial charge in [0.2, 0.25) is 0 Å². The van der Waals surface area contributed by atoms with Crippen LogP contribution in [0.2, 0.25) is 0 Å². The zero-order chi connectivity index (χ0) is 13.5. The van der Waals surface area contributed by atoms with Crippen molar-refractivity contribution in [2.75, 3.05) is 27.9 Å². The molecule has 0 amide bonds. The van der Waals surface area contributed by atoms with Crippen molar-refractivity contribution in [2.24, 2.45) is 0 Å². The molecule has 1 unspecified atom stereocenters. The van der Waals surface area contributed by atoms with Gasteiger partial charge in [0.05, 0.1) is 25.5 Å². The van der Waals surface area contributed by atoms with Gasteiger partial charge in [0.15, 0.2) is 5.69 Å². The van der Waals surface area contributed by atoms with Gasteiger partial charge in [-0.05, 0) is 13.3 Å². The Hall–Kier alpha value is -1.47. The largest absolute Gasteiger partial charge is 0.464 e. The fourth-order valence-corrected chi connectivity index (χ4v) is 1.60. The first kappa shape index (κ1) is 14.6. The minimum atomic E-state index is -0.507. The molecule has 1 heterocycles. The van der Waals surface area contributed by atoms with Gasteiger partial charge in [0.25, 0.3) is 0 Å². The Kier molecular flexibility index (Phi) is 5.73. The Morgan fingerprint density at radius 3 is 2.61 bits per heavy atom. The van der Waals surface area contributed by atoms with Gasteiger partial charge in [-0.2, -0.15) is 0 Å². The Balaban J connectivity index is 2.97. The molecule has 0 fully saturated rings. The standard InChI is InChI=1S/C11H19N3O4/c1-8(5-6-16-2)14-9(7-17-3)10(12-13-14)11(15)18-4/h8H,5-7H2,1-4H3. The Morgan fingerprint density at radius 2 is 2.06 bits per heavy atom. The molecule has 0 aliphatic rings. The lowest BCUT2D eigenvalue weighted by molar-refractivity contribution is 0.0588. The predicted molar refractivity (Wildman–Crippen MR) is 63.3 cm³/mol. The van der Waals surface area contributed by atoms with Crippen LogP contribution in [0.5, 0.6) is 0 Å². The monoisotopic (exact) mass is 257 g/mol. The molecule has 0 aliphatic carbocycles. The molecule has 0 radical (unpaired) electrons. The SMILES string of the molecule is COCCC(C)n1nnc(C(=O)OC)c1COC. The van der Waals surface area contributed by atoms with E-state index >= 15 is 0 Å². The molecule has 1 aromatic heterocycles. The minimum absolute atomic E-state index is 0.0704. The summed E-state index contributed by atoms with van der Waals surface area (Å²) >= 11 is 0. The van der Waals surface area contributed by atoms with Crippen LogP contribution < -0.4 is 0 Å². The molecule has 0 aliphatic heterocycles. The van der Waals surface area contributed by atoms with Crippen molar-refractivity contribution in [3.63, 3.8) is 0 Å². The topological polar surface area (TPSA) is 75.5 Å². The number of nitrogens with zero attached hydrogens (tertiary/aromatic N) is 3. The summed E-state index contributed by atoms with van der Waals surface area (Å²) in [7, 11) is 4.51. The number of carbonyl (C=O) groups excluding carboxylic acids is 1. The summed E-state index contributed by atoms with van der Waals surface area (Å²) in [5, 5.41) is 7.84. The van der Waals surface area contributed by atoms with Crippen LogP contribution in [0.3, 0.4) is 0 Å². The van der Waals surface area contributed by atoms with E-state index in [1.54, 1.807) is 18.9 Å². The highest BCUT2D eigenvalue weighted by Gasteiger charge is 2.22. The third kappa shape index (κ3) is 3.27. The first-order valence-corrected chi connectivity index (χ1v) is 5.65. The molecule has 0 bridgehead atoms. The Morgan fingerprint density at radius 1 is 1.33 bits per heavy atom. The van der Waals surface area contributed by atoms with Crippen LogP contribution in [0.1, 0.15) is 35.6 Å². The number of esters is 1. The smallest absolute Gasteiger partial charge is 0.360 e. The Labute approximate surface area is 106 Å². The van der Waals surface area contributed by atoms with Gasteiger partial charge in [0.1, 0.15) is 0 Å². The normalized spacial score (nSPS) is 12.4. The maximum atomic E-state index is 11.5. The summed E-state index contributed by atoms with van der Waals surface area (Å²) in [6.45, 7) is 2.85. The lowest BCUT2D eigenvalue weighted by atomic mass is 10.2. The average Bonchev–Trinajstić information content (AvgIpc) is 2.79. The lowest BCUT2D eigenvalue weighted by Crippen LogP contribution is -2.15. The quantitative estimate of drug-likeness (QED) is 0.673. The van der Waals surface area contributed by atoms with Gasteiger partial charge in [-0.1, -0.05) is 5.21 Å². The number of rotatable bonds is 7. The lowest BCUT2D eigenvalue weighted by Gasteiger charge is -2.14. The van der Waals surface area contributed by atoms with E-state index in [1.165, 1.54) is 7.11 Å². The highest BCUT2D eigenvalue weighted by molar-refractivity contribution is 5.88. The van der Waals surface area contributed by atoms with Crippen LogP contribution in [0, 0.1) is 0 Å². The molecule has 0 N–H and O–H groups in total. The number of aromatic nitrogens is 3. The Bertz CT molecular complexity index is 392. The summed E-state index contributed by atoms with van der Waals surface area (Å²) in [5.41, 5.74) is 0.816. The van der Waals surface area contributed by atoms with E-state index in [0.717, 1.165) is 6.42 Å². The number of hydrogen-bond donors (Lipinski definition) is 0. The summed E-state index contributed by atoms with van der Waals surface area (Å²) in [6.07, 6.45) is 0.775. The molecule has 7 nitrogen and oxygen atoms in total. The van der Waals surface area contributed by atoms with Crippen molar-refractivity contribution in [1.29, 1.82) is 0 Å². The molecule has 0 saturated carbocycles. The van der Waals surface area contributed by atoms with E-state index in [0.29, 0.717) is 12.3 Å². The molecular formula is C11H19N3O4. The van der Waals surface area contributed by atoms with E-state index in [4.69, 9.17) is 9.47 Å².